The van der Waals surface area contributed by atoms with E-state index in [4.69, 9.17) is 11.6 Å². The van der Waals surface area contributed by atoms with E-state index in [1.54, 1.807) is 22.6 Å². The van der Waals surface area contributed by atoms with Gasteiger partial charge in [0.15, 0.2) is 11.6 Å². The molecule has 0 radical (unpaired) electrons. The van der Waals surface area contributed by atoms with Crippen LogP contribution in [0.4, 0.5) is 8.78 Å². The molecule has 110 valence electrons. The van der Waals surface area contributed by atoms with E-state index < -0.39 is 11.6 Å². The summed E-state index contributed by atoms with van der Waals surface area (Å²) in [5, 5.41) is 4.94. The Hall–Kier alpha value is -1.95. The maximum atomic E-state index is 13.4. The van der Waals surface area contributed by atoms with Gasteiger partial charge in [0.2, 0.25) is 0 Å². The summed E-state index contributed by atoms with van der Waals surface area (Å²) in [4.78, 5) is 4.09. The molecular formula is C14H13ClF2N4. The van der Waals surface area contributed by atoms with Crippen molar-refractivity contribution in [3.63, 3.8) is 0 Å². The number of rotatable bonds is 3. The Kier molecular flexibility index (Phi) is 3.41. The van der Waals surface area contributed by atoms with Gasteiger partial charge in [0.25, 0.3) is 0 Å². The van der Waals surface area contributed by atoms with Gasteiger partial charge in [-0.25, -0.2) is 13.8 Å². The first-order chi connectivity index (χ1) is 10.0. The summed E-state index contributed by atoms with van der Waals surface area (Å²) >= 11 is 6.30. The van der Waals surface area contributed by atoms with Crippen molar-refractivity contribution in [2.75, 3.05) is 0 Å². The third-order valence-electron chi connectivity index (χ3n) is 3.49. The van der Waals surface area contributed by atoms with E-state index in [0.29, 0.717) is 22.6 Å². The maximum Gasteiger partial charge on any atom is 0.161 e. The van der Waals surface area contributed by atoms with Gasteiger partial charge in [0.1, 0.15) is 0 Å². The molecule has 0 aliphatic carbocycles. The molecule has 2 heterocycles. The number of nitrogens with zero attached hydrogens (tertiary/aromatic N) is 4. The van der Waals surface area contributed by atoms with Crippen molar-refractivity contribution in [2.45, 2.75) is 19.9 Å². The second kappa shape index (κ2) is 5.11. The summed E-state index contributed by atoms with van der Waals surface area (Å²) < 4.78 is 30.0. The molecule has 0 spiro atoms. The van der Waals surface area contributed by atoms with E-state index in [1.165, 1.54) is 0 Å². The summed E-state index contributed by atoms with van der Waals surface area (Å²) in [6.45, 7) is 2.37. The minimum absolute atomic E-state index is 0.393. The average molecular weight is 311 g/mol. The number of imidazole rings is 1. The first kappa shape index (κ1) is 14.0. The largest absolute Gasteiger partial charge is 0.324 e. The number of aromatic nitrogens is 4. The van der Waals surface area contributed by atoms with Crippen LogP contribution in [0.25, 0.3) is 11.0 Å². The second-order valence-corrected chi connectivity index (χ2v) is 5.19. The van der Waals surface area contributed by atoms with Crippen molar-refractivity contribution in [2.24, 2.45) is 7.05 Å². The zero-order chi connectivity index (χ0) is 15.1. The molecule has 3 rings (SSSR count). The van der Waals surface area contributed by atoms with Crippen LogP contribution in [0.3, 0.4) is 0 Å². The molecule has 0 aliphatic rings. The maximum absolute atomic E-state index is 13.4. The van der Waals surface area contributed by atoms with E-state index in [0.717, 1.165) is 29.9 Å². The Morgan fingerprint density at radius 2 is 1.95 bits per heavy atom. The summed E-state index contributed by atoms with van der Waals surface area (Å²) in [6.07, 6.45) is 2.27. The van der Waals surface area contributed by atoms with E-state index in [1.807, 2.05) is 6.92 Å². The number of hydrogen-bond acceptors (Lipinski definition) is 2. The molecule has 0 aliphatic heterocycles. The van der Waals surface area contributed by atoms with Crippen molar-refractivity contribution in [3.8, 4) is 0 Å². The molecule has 21 heavy (non-hydrogen) atoms. The Labute approximate surface area is 125 Å². The molecule has 0 N–H and O–H groups in total. The molecule has 2 aromatic heterocycles. The smallest absolute Gasteiger partial charge is 0.161 e. The highest BCUT2D eigenvalue weighted by Crippen LogP contribution is 2.24. The lowest BCUT2D eigenvalue weighted by Crippen LogP contribution is -2.05. The zero-order valence-corrected chi connectivity index (χ0v) is 12.3. The molecule has 0 saturated heterocycles. The van der Waals surface area contributed by atoms with Gasteiger partial charge in [-0.1, -0.05) is 18.5 Å². The molecule has 1 aromatic carbocycles. The lowest BCUT2D eigenvalue weighted by molar-refractivity contribution is 0.510. The number of aryl methyl sites for hydroxylation is 2. The van der Waals surface area contributed by atoms with Crippen molar-refractivity contribution in [1.82, 2.24) is 19.3 Å². The van der Waals surface area contributed by atoms with Crippen molar-refractivity contribution >= 4 is 22.6 Å². The van der Waals surface area contributed by atoms with Gasteiger partial charge < -0.3 is 4.57 Å². The molecule has 0 unspecified atom stereocenters. The average Bonchev–Trinajstić information content (AvgIpc) is 2.95. The van der Waals surface area contributed by atoms with Gasteiger partial charge in [-0.15, -0.1) is 0 Å². The van der Waals surface area contributed by atoms with Crippen LogP contribution in [-0.2, 0) is 20.0 Å². The van der Waals surface area contributed by atoms with Crippen molar-refractivity contribution < 1.29 is 8.78 Å². The molecule has 0 atom stereocenters. The number of fused-ring (bicyclic) bond motifs is 1. The Morgan fingerprint density at radius 3 is 2.62 bits per heavy atom. The van der Waals surface area contributed by atoms with Crippen LogP contribution >= 0.6 is 11.6 Å². The molecule has 7 heteroatoms. The van der Waals surface area contributed by atoms with Crippen LogP contribution in [0.5, 0.6) is 0 Å². The Bertz CT molecular complexity index is 822. The van der Waals surface area contributed by atoms with Crippen LogP contribution in [-0.4, -0.2) is 19.3 Å². The SMILES string of the molecule is CCc1nn(C)c(Cn2cnc3cc(F)c(F)cc32)c1Cl. The third kappa shape index (κ3) is 2.29. The van der Waals surface area contributed by atoms with Crippen molar-refractivity contribution in [1.29, 1.82) is 0 Å². The Balaban J connectivity index is 2.06. The normalized spacial score (nSPS) is 11.5. The highest BCUT2D eigenvalue weighted by atomic mass is 35.5. The first-order valence-corrected chi connectivity index (χ1v) is 6.89. The molecule has 0 bridgehead atoms. The fourth-order valence-corrected chi connectivity index (χ4v) is 2.69. The highest BCUT2D eigenvalue weighted by Gasteiger charge is 2.15. The molecule has 3 aromatic rings. The fraction of sp³-hybridized carbons (Fsp3) is 0.286. The second-order valence-electron chi connectivity index (χ2n) is 4.81. The molecule has 0 fully saturated rings. The monoisotopic (exact) mass is 310 g/mol. The number of benzene rings is 1. The third-order valence-corrected chi connectivity index (χ3v) is 3.92. The minimum Gasteiger partial charge on any atom is -0.324 e. The van der Waals surface area contributed by atoms with E-state index >= 15 is 0 Å². The van der Waals surface area contributed by atoms with Gasteiger partial charge in [0.05, 0.1) is 40.3 Å². The van der Waals surface area contributed by atoms with Crippen molar-refractivity contribution in [3.05, 3.63) is 46.5 Å². The quantitative estimate of drug-likeness (QED) is 0.744. The topological polar surface area (TPSA) is 35.6 Å². The van der Waals surface area contributed by atoms with Gasteiger partial charge >= 0.3 is 0 Å². The summed E-state index contributed by atoms with van der Waals surface area (Å²) in [6, 6.07) is 2.23. The summed E-state index contributed by atoms with van der Waals surface area (Å²) in [7, 11) is 1.81. The lowest BCUT2D eigenvalue weighted by atomic mass is 10.2. The molecule has 0 amide bonds. The van der Waals surface area contributed by atoms with Crippen LogP contribution in [0, 0.1) is 11.6 Å². The number of halogens is 3. The van der Waals surface area contributed by atoms with Gasteiger partial charge in [-0.2, -0.15) is 5.10 Å². The van der Waals surface area contributed by atoms with E-state index in [-0.39, 0.29) is 0 Å². The van der Waals surface area contributed by atoms with Crippen LogP contribution < -0.4 is 0 Å². The summed E-state index contributed by atoms with van der Waals surface area (Å²) in [5.41, 5.74) is 2.54. The lowest BCUT2D eigenvalue weighted by Gasteiger charge is -2.06. The standard InChI is InChI=1S/C14H13ClF2N4/c1-3-10-14(15)13(20(2)19-10)6-21-7-18-11-4-8(16)9(17)5-12(11)21/h4-5,7H,3,6H2,1-2H3. The van der Waals surface area contributed by atoms with Crippen LogP contribution in [0.2, 0.25) is 5.02 Å². The number of hydrogen-bond donors (Lipinski definition) is 0. The molecule has 0 saturated carbocycles. The van der Waals surface area contributed by atoms with Gasteiger partial charge in [-0.05, 0) is 6.42 Å². The Morgan fingerprint density at radius 1 is 1.24 bits per heavy atom. The highest BCUT2D eigenvalue weighted by molar-refractivity contribution is 6.31. The van der Waals surface area contributed by atoms with Gasteiger partial charge in [0, 0.05) is 19.2 Å². The zero-order valence-electron chi connectivity index (χ0n) is 11.6. The van der Waals surface area contributed by atoms with Crippen LogP contribution in [0.1, 0.15) is 18.3 Å². The molecule has 4 nitrogen and oxygen atoms in total. The minimum atomic E-state index is -0.903. The van der Waals surface area contributed by atoms with E-state index in [9.17, 15) is 8.78 Å². The summed E-state index contributed by atoms with van der Waals surface area (Å²) in [5.74, 6) is -1.80. The van der Waals surface area contributed by atoms with E-state index in [2.05, 4.69) is 10.1 Å². The first-order valence-electron chi connectivity index (χ1n) is 6.51. The molecular weight excluding hydrogens is 298 g/mol. The predicted molar refractivity (Wildman–Crippen MR) is 76.3 cm³/mol. The van der Waals surface area contributed by atoms with Crippen LogP contribution in [0.15, 0.2) is 18.5 Å². The van der Waals surface area contributed by atoms with Gasteiger partial charge in [-0.3, -0.25) is 4.68 Å². The predicted octanol–water partition coefficient (Wildman–Crippen LogP) is 3.31. The fourth-order valence-electron chi connectivity index (χ4n) is 2.33.